The van der Waals surface area contributed by atoms with Crippen molar-refractivity contribution in [2.24, 2.45) is 5.92 Å². The van der Waals surface area contributed by atoms with E-state index in [1.165, 1.54) is 18.5 Å². The van der Waals surface area contributed by atoms with E-state index in [1.54, 1.807) is 0 Å². The van der Waals surface area contributed by atoms with Gasteiger partial charge in [-0.05, 0) is 55.2 Å². The first-order valence-electron chi connectivity index (χ1n) is 9.29. The average molecular weight is 356 g/mol. The van der Waals surface area contributed by atoms with Crippen LogP contribution in [-0.4, -0.2) is 31.9 Å². The van der Waals surface area contributed by atoms with Crippen molar-refractivity contribution in [1.29, 1.82) is 0 Å². The van der Waals surface area contributed by atoms with Crippen LogP contribution in [0.15, 0.2) is 60.9 Å². The molecule has 0 aliphatic heterocycles. The molecule has 4 aromatic rings. The molecule has 0 bridgehead atoms. The summed E-state index contributed by atoms with van der Waals surface area (Å²) >= 11 is 0. The van der Waals surface area contributed by atoms with Crippen LogP contribution in [0.4, 0.5) is 5.82 Å². The predicted molar refractivity (Wildman–Crippen MR) is 105 cm³/mol. The quantitative estimate of drug-likeness (QED) is 0.564. The number of fused-ring (bicyclic) bond motifs is 1. The van der Waals surface area contributed by atoms with Crippen LogP contribution in [0.5, 0.6) is 0 Å². The van der Waals surface area contributed by atoms with Gasteiger partial charge in [-0.2, -0.15) is 5.10 Å². The minimum Gasteiger partial charge on any atom is -0.368 e. The molecule has 6 heteroatoms. The number of anilines is 1. The van der Waals surface area contributed by atoms with Crippen LogP contribution < -0.4 is 5.32 Å². The minimum absolute atomic E-state index is 0.549. The fourth-order valence-corrected chi connectivity index (χ4v) is 3.72. The van der Waals surface area contributed by atoms with Crippen LogP contribution in [0.2, 0.25) is 0 Å². The molecule has 6 nitrogen and oxygen atoms in total. The number of pyridine rings is 1. The largest absolute Gasteiger partial charge is 0.368 e. The van der Waals surface area contributed by atoms with E-state index in [9.17, 15) is 0 Å². The third kappa shape index (κ3) is 3.14. The number of benzene rings is 1. The maximum Gasteiger partial charge on any atom is 0.148 e. The Labute approximate surface area is 157 Å². The first-order chi connectivity index (χ1) is 13.4. The van der Waals surface area contributed by atoms with Gasteiger partial charge in [0.1, 0.15) is 5.82 Å². The summed E-state index contributed by atoms with van der Waals surface area (Å²) in [5, 5.41) is 20.3. The zero-order chi connectivity index (χ0) is 18.1. The predicted octanol–water partition coefficient (Wildman–Crippen LogP) is 4.02. The molecule has 2 atom stereocenters. The van der Waals surface area contributed by atoms with Gasteiger partial charge in [0.2, 0.25) is 0 Å². The molecular weight excluding hydrogens is 336 g/mol. The molecule has 1 aliphatic carbocycles. The first kappa shape index (κ1) is 15.9. The lowest BCUT2D eigenvalue weighted by Gasteiger charge is -2.36. The molecule has 2 unspecified atom stereocenters. The maximum absolute atomic E-state index is 4.51. The lowest BCUT2D eigenvalue weighted by atomic mass is 9.71. The number of rotatable bonds is 5. The van der Waals surface area contributed by atoms with Crippen LogP contribution in [0.25, 0.3) is 22.2 Å². The number of aromatic amines is 1. The lowest BCUT2D eigenvalue weighted by molar-refractivity contribution is 0.264. The second kappa shape index (κ2) is 6.79. The number of nitrogens with one attached hydrogen (secondary N) is 2. The maximum atomic E-state index is 4.51. The Kier molecular flexibility index (Phi) is 4.01. The molecule has 1 aliphatic rings. The van der Waals surface area contributed by atoms with Crippen LogP contribution in [0.1, 0.15) is 24.5 Å². The number of aromatic nitrogens is 5. The average Bonchev–Trinajstić information content (AvgIpc) is 3.16. The van der Waals surface area contributed by atoms with Gasteiger partial charge in [0, 0.05) is 35.3 Å². The summed E-state index contributed by atoms with van der Waals surface area (Å²) in [5.74, 6) is 1.97. The van der Waals surface area contributed by atoms with E-state index < -0.39 is 0 Å². The molecule has 0 saturated heterocycles. The smallest absolute Gasteiger partial charge is 0.148 e. The van der Waals surface area contributed by atoms with Crippen molar-refractivity contribution in [1.82, 2.24) is 25.4 Å². The Morgan fingerprint density at radius 3 is 2.81 bits per heavy atom. The summed E-state index contributed by atoms with van der Waals surface area (Å²) in [6.07, 6.45) is 6.14. The second-order valence-corrected chi connectivity index (χ2v) is 7.06. The fourth-order valence-electron chi connectivity index (χ4n) is 3.72. The Morgan fingerprint density at radius 1 is 1.04 bits per heavy atom. The Balaban J connectivity index is 1.24. The van der Waals surface area contributed by atoms with E-state index >= 15 is 0 Å². The number of hydrogen-bond donors (Lipinski definition) is 2. The van der Waals surface area contributed by atoms with Gasteiger partial charge in [0.15, 0.2) is 0 Å². The second-order valence-electron chi connectivity index (χ2n) is 7.06. The molecule has 0 spiro atoms. The highest BCUT2D eigenvalue weighted by molar-refractivity contribution is 5.83. The van der Waals surface area contributed by atoms with Gasteiger partial charge in [0.25, 0.3) is 0 Å². The summed E-state index contributed by atoms with van der Waals surface area (Å²) in [4.78, 5) is 4.51. The van der Waals surface area contributed by atoms with Crippen molar-refractivity contribution in [2.75, 3.05) is 11.9 Å². The van der Waals surface area contributed by atoms with E-state index in [4.69, 9.17) is 0 Å². The van der Waals surface area contributed by atoms with Crippen LogP contribution in [-0.2, 0) is 0 Å². The van der Waals surface area contributed by atoms with Crippen molar-refractivity contribution < 1.29 is 0 Å². The summed E-state index contributed by atoms with van der Waals surface area (Å²) in [7, 11) is 0. The minimum atomic E-state index is 0.549. The Morgan fingerprint density at radius 2 is 2.04 bits per heavy atom. The third-order valence-corrected chi connectivity index (χ3v) is 5.43. The van der Waals surface area contributed by atoms with Gasteiger partial charge in [-0.3, -0.25) is 10.1 Å². The van der Waals surface area contributed by atoms with E-state index in [0.29, 0.717) is 11.8 Å². The first-order valence-corrected chi connectivity index (χ1v) is 9.29. The number of hydrogen-bond acceptors (Lipinski definition) is 5. The molecule has 0 radical (unpaired) electrons. The topological polar surface area (TPSA) is 79.4 Å². The summed E-state index contributed by atoms with van der Waals surface area (Å²) in [6.45, 7) is 0.899. The van der Waals surface area contributed by atoms with Crippen molar-refractivity contribution in [3.63, 3.8) is 0 Å². The SMILES string of the molecule is c1ccc(C2CCC2CNc2ccc(-c3ccc4[nH]ncc4c3)nn2)nc1. The summed E-state index contributed by atoms with van der Waals surface area (Å²) < 4.78 is 0. The van der Waals surface area contributed by atoms with E-state index in [-0.39, 0.29) is 0 Å². The van der Waals surface area contributed by atoms with Gasteiger partial charge in [0.05, 0.1) is 17.4 Å². The van der Waals surface area contributed by atoms with Crippen LogP contribution >= 0.6 is 0 Å². The molecule has 134 valence electrons. The summed E-state index contributed by atoms with van der Waals surface area (Å²) in [5.41, 5.74) is 4.12. The van der Waals surface area contributed by atoms with Gasteiger partial charge >= 0.3 is 0 Å². The molecule has 3 aromatic heterocycles. The summed E-state index contributed by atoms with van der Waals surface area (Å²) in [6, 6.07) is 16.3. The van der Waals surface area contributed by atoms with Crippen molar-refractivity contribution in [3.05, 3.63) is 66.6 Å². The van der Waals surface area contributed by atoms with Gasteiger partial charge in [-0.25, -0.2) is 0 Å². The highest BCUT2D eigenvalue weighted by Crippen LogP contribution is 2.41. The molecule has 5 rings (SSSR count). The molecule has 27 heavy (non-hydrogen) atoms. The zero-order valence-corrected chi connectivity index (χ0v) is 14.8. The van der Waals surface area contributed by atoms with Crippen molar-refractivity contribution in [3.8, 4) is 11.3 Å². The van der Waals surface area contributed by atoms with Crippen LogP contribution in [0.3, 0.4) is 0 Å². The van der Waals surface area contributed by atoms with E-state index in [0.717, 1.165) is 34.5 Å². The zero-order valence-electron chi connectivity index (χ0n) is 14.8. The molecule has 0 amide bonds. The van der Waals surface area contributed by atoms with Gasteiger partial charge < -0.3 is 5.32 Å². The number of nitrogens with zero attached hydrogens (tertiary/aromatic N) is 4. The molecular formula is C21H20N6. The third-order valence-electron chi connectivity index (χ3n) is 5.43. The lowest BCUT2D eigenvalue weighted by Crippen LogP contribution is -2.30. The monoisotopic (exact) mass is 356 g/mol. The highest BCUT2D eigenvalue weighted by Gasteiger charge is 2.32. The molecule has 2 N–H and O–H groups in total. The molecule has 3 heterocycles. The van der Waals surface area contributed by atoms with Gasteiger partial charge in [-0.15, -0.1) is 10.2 Å². The molecule has 1 fully saturated rings. The molecule has 1 saturated carbocycles. The molecule has 1 aromatic carbocycles. The van der Waals surface area contributed by atoms with Crippen molar-refractivity contribution >= 4 is 16.7 Å². The van der Waals surface area contributed by atoms with E-state index in [1.807, 2.05) is 42.7 Å². The number of H-pyrrole nitrogens is 1. The van der Waals surface area contributed by atoms with E-state index in [2.05, 4.69) is 48.9 Å². The van der Waals surface area contributed by atoms with Crippen LogP contribution in [0, 0.1) is 5.92 Å². The fraction of sp³-hybridized carbons (Fsp3) is 0.238. The van der Waals surface area contributed by atoms with Gasteiger partial charge in [-0.1, -0.05) is 12.1 Å². The normalized spacial score (nSPS) is 19.0. The Bertz CT molecular complexity index is 1040. The highest BCUT2D eigenvalue weighted by atomic mass is 15.2. The standard InChI is InChI=1S/C21H20N6/c1-2-10-22-20(3-1)17-6-4-15(17)12-23-21-9-8-18(26-27-21)14-5-7-19-16(11-14)13-24-25-19/h1-3,5,7-11,13,15,17H,4,6,12H2,(H,23,27)(H,24,25). The Hall–Kier alpha value is -3.28. The van der Waals surface area contributed by atoms with Crippen molar-refractivity contribution in [2.45, 2.75) is 18.8 Å².